The van der Waals surface area contributed by atoms with Crippen molar-refractivity contribution < 1.29 is 19.1 Å². The normalized spacial score (nSPS) is 17.3. The summed E-state index contributed by atoms with van der Waals surface area (Å²) >= 11 is 0. The van der Waals surface area contributed by atoms with E-state index in [2.05, 4.69) is 10.3 Å². The molecule has 2 amide bonds. The number of hydrogen-bond acceptors (Lipinski definition) is 4. The maximum atomic E-state index is 13.9. The summed E-state index contributed by atoms with van der Waals surface area (Å²) in [4.78, 5) is 32.7. The highest BCUT2D eigenvalue weighted by Crippen LogP contribution is 2.37. The molecule has 3 aromatic carbocycles. The van der Waals surface area contributed by atoms with E-state index in [1.165, 1.54) is 0 Å². The van der Waals surface area contributed by atoms with Crippen molar-refractivity contribution >= 4 is 28.4 Å². The lowest BCUT2D eigenvalue weighted by molar-refractivity contribution is -0.145. The van der Waals surface area contributed by atoms with Gasteiger partial charge in [0.15, 0.2) is 6.10 Å². The number of hydrogen-bond donors (Lipinski definition) is 2. The van der Waals surface area contributed by atoms with Crippen LogP contribution in [0.2, 0.25) is 0 Å². The van der Waals surface area contributed by atoms with Gasteiger partial charge in [0, 0.05) is 34.9 Å². The van der Waals surface area contributed by atoms with E-state index in [0.29, 0.717) is 30.0 Å². The van der Waals surface area contributed by atoms with Crippen molar-refractivity contribution in [1.29, 1.82) is 0 Å². The summed E-state index contributed by atoms with van der Waals surface area (Å²) in [6, 6.07) is 21.7. The van der Waals surface area contributed by atoms with Crippen LogP contribution in [-0.2, 0) is 16.0 Å². The van der Waals surface area contributed by atoms with Gasteiger partial charge in [-0.15, -0.1) is 0 Å². The van der Waals surface area contributed by atoms with E-state index < -0.39 is 12.1 Å². The standard InChI is InChI=1S/C30H31N3O4/c1-19(2)28-30(35)33(16-15-20-18-31-25-14-13-22(36-3)17-24(20)25)27(23-11-7-8-12-26(23)37-28)29(34)32-21-9-5-4-6-10-21/h4-14,17-19,27-28,31H,15-16H2,1-3H3,(H,32,34). The van der Waals surface area contributed by atoms with E-state index >= 15 is 0 Å². The molecule has 7 nitrogen and oxygen atoms in total. The summed E-state index contributed by atoms with van der Waals surface area (Å²) in [5.74, 6) is 0.775. The Morgan fingerprint density at radius 2 is 1.84 bits per heavy atom. The minimum Gasteiger partial charge on any atom is -0.497 e. The third kappa shape index (κ3) is 4.89. The number of aromatic nitrogens is 1. The largest absolute Gasteiger partial charge is 0.497 e. The number of carbonyl (C=O) groups is 2. The van der Waals surface area contributed by atoms with E-state index in [4.69, 9.17) is 9.47 Å². The van der Waals surface area contributed by atoms with Crippen LogP contribution in [0.1, 0.15) is 31.0 Å². The molecule has 0 radical (unpaired) electrons. The number of anilines is 1. The van der Waals surface area contributed by atoms with E-state index in [9.17, 15) is 9.59 Å². The first-order chi connectivity index (χ1) is 18.0. The topological polar surface area (TPSA) is 83.7 Å². The summed E-state index contributed by atoms with van der Waals surface area (Å²) in [6.45, 7) is 4.26. The van der Waals surface area contributed by atoms with Gasteiger partial charge in [-0.25, -0.2) is 0 Å². The SMILES string of the molecule is COc1ccc2[nH]cc(CCN3C(=O)C(C(C)C)Oc4ccccc4C3C(=O)Nc3ccccc3)c2c1. The quantitative estimate of drug-likeness (QED) is 0.361. The summed E-state index contributed by atoms with van der Waals surface area (Å²) < 4.78 is 11.6. The molecule has 2 N–H and O–H groups in total. The van der Waals surface area contributed by atoms with Crippen LogP contribution >= 0.6 is 0 Å². The zero-order valence-corrected chi connectivity index (χ0v) is 21.2. The Bertz CT molecular complexity index is 1410. The molecule has 1 aliphatic rings. The van der Waals surface area contributed by atoms with Crippen molar-refractivity contribution in [1.82, 2.24) is 9.88 Å². The van der Waals surface area contributed by atoms with Crippen LogP contribution in [-0.4, -0.2) is 41.5 Å². The Kier molecular flexibility index (Phi) is 6.86. The second kappa shape index (κ2) is 10.4. The highest BCUT2D eigenvalue weighted by atomic mass is 16.5. The van der Waals surface area contributed by atoms with Crippen molar-refractivity contribution in [2.75, 3.05) is 19.0 Å². The summed E-state index contributed by atoms with van der Waals surface area (Å²) in [6.07, 6.45) is 1.82. The number of nitrogens with one attached hydrogen (secondary N) is 2. The van der Waals surface area contributed by atoms with Crippen LogP contribution in [0.3, 0.4) is 0 Å². The Balaban J connectivity index is 1.53. The Labute approximate surface area is 216 Å². The molecular weight excluding hydrogens is 466 g/mol. The zero-order valence-electron chi connectivity index (χ0n) is 21.2. The number of H-pyrrole nitrogens is 1. The van der Waals surface area contributed by atoms with Gasteiger partial charge >= 0.3 is 0 Å². The Morgan fingerprint density at radius 3 is 2.59 bits per heavy atom. The molecule has 2 unspecified atom stereocenters. The van der Waals surface area contributed by atoms with E-state index in [0.717, 1.165) is 22.2 Å². The molecule has 190 valence electrons. The fourth-order valence-electron chi connectivity index (χ4n) is 4.87. The number of carbonyl (C=O) groups excluding carboxylic acids is 2. The van der Waals surface area contributed by atoms with Crippen molar-refractivity contribution in [3.63, 3.8) is 0 Å². The maximum absolute atomic E-state index is 13.9. The van der Waals surface area contributed by atoms with Gasteiger partial charge in [0.25, 0.3) is 11.8 Å². The number of aromatic amines is 1. The molecular formula is C30H31N3O4. The Morgan fingerprint density at radius 1 is 1.08 bits per heavy atom. The lowest BCUT2D eigenvalue weighted by Gasteiger charge is -2.31. The number of amides is 2. The van der Waals surface area contributed by atoms with Gasteiger partial charge in [0.05, 0.1) is 7.11 Å². The van der Waals surface area contributed by atoms with Gasteiger partial charge < -0.3 is 24.7 Å². The first-order valence-electron chi connectivity index (χ1n) is 12.5. The molecule has 37 heavy (non-hydrogen) atoms. The lowest BCUT2D eigenvalue weighted by Crippen LogP contribution is -2.47. The number of benzene rings is 3. The van der Waals surface area contributed by atoms with Crippen LogP contribution in [0.15, 0.2) is 79.0 Å². The molecule has 4 aromatic rings. The lowest BCUT2D eigenvalue weighted by atomic mass is 10.0. The summed E-state index contributed by atoms with van der Waals surface area (Å²) in [5, 5.41) is 4.03. The van der Waals surface area contributed by atoms with E-state index in [1.807, 2.05) is 92.8 Å². The van der Waals surface area contributed by atoms with Crippen LogP contribution in [0.5, 0.6) is 11.5 Å². The van der Waals surface area contributed by atoms with Crippen molar-refractivity contribution in [3.05, 3.63) is 90.1 Å². The van der Waals surface area contributed by atoms with E-state index in [-0.39, 0.29) is 17.7 Å². The number of methoxy groups -OCH3 is 1. The monoisotopic (exact) mass is 497 g/mol. The van der Waals surface area contributed by atoms with Gasteiger partial charge in [-0.3, -0.25) is 9.59 Å². The molecule has 5 rings (SSSR count). The fourth-order valence-corrected chi connectivity index (χ4v) is 4.87. The number of ether oxygens (including phenoxy) is 2. The average molecular weight is 498 g/mol. The van der Waals surface area contributed by atoms with Crippen LogP contribution < -0.4 is 14.8 Å². The highest BCUT2D eigenvalue weighted by molar-refractivity contribution is 5.99. The Hall–Kier alpha value is -4.26. The second-order valence-corrected chi connectivity index (χ2v) is 9.59. The number of para-hydroxylation sites is 2. The van der Waals surface area contributed by atoms with Crippen molar-refractivity contribution in [2.45, 2.75) is 32.4 Å². The van der Waals surface area contributed by atoms with Crippen LogP contribution in [0.25, 0.3) is 10.9 Å². The first-order valence-corrected chi connectivity index (χ1v) is 12.5. The highest BCUT2D eigenvalue weighted by Gasteiger charge is 2.41. The molecule has 0 saturated carbocycles. The second-order valence-electron chi connectivity index (χ2n) is 9.59. The smallest absolute Gasteiger partial charge is 0.264 e. The minimum atomic E-state index is -0.840. The maximum Gasteiger partial charge on any atom is 0.264 e. The molecule has 2 atom stereocenters. The molecule has 0 aliphatic carbocycles. The van der Waals surface area contributed by atoms with Gasteiger partial charge in [-0.2, -0.15) is 0 Å². The number of nitrogens with zero attached hydrogens (tertiary/aromatic N) is 1. The predicted molar refractivity (Wildman–Crippen MR) is 144 cm³/mol. The molecule has 0 spiro atoms. The third-order valence-electron chi connectivity index (χ3n) is 6.80. The van der Waals surface area contributed by atoms with Crippen molar-refractivity contribution in [2.24, 2.45) is 5.92 Å². The van der Waals surface area contributed by atoms with E-state index in [1.54, 1.807) is 12.0 Å². The molecule has 7 heteroatoms. The molecule has 1 aliphatic heterocycles. The fraction of sp³-hybridized carbons (Fsp3) is 0.267. The summed E-state index contributed by atoms with van der Waals surface area (Å²) in [7, 11) is 1.64. The van der Waals surface area contributed by atoms with Crippen LogP contribution in [0.4, 0.5) is 5.69 Å². The number of rotatable bonds is 7. The minimum absolute atomic E-state index is 0.0728. The van der Waals surface area contributed by atoms with Gasteiger partial charge in [0.1, 0.15) is 17.5 Å². The van der Waals surface area contributed by atoms with Crippen molar-refractivity contribution in [3.8, 4) is 11.5 Å². The average Bonchev–Trinajstić information content (AvgIpc) is 3.26. The van der Waals surface area contributed by atoms with Crippen LogP contribution in [0, 0.1) is 5.92 Å². The summed E-state index contributed by atoms with van der Waals surface area (Å²) in [5.41, 5.74) is 3.38. The van der Waals surface area contributed by atoms with Gasteiger partial charge in [0.2, 0.25) is 0 Å². The molecule has 0 bridgehead atoms. The van der Waals surface area contributed by atoms with Gasteiger partial charge in [-0.05, 0) is 54.3 Å². The zero-order chi connectivity index (χ0) is 25.9. The molecule has 1 aromatic heterocycles. The third-order valence-corrected chi connectivity index (χ3v) is 6.80. The molecule has 0 fully saturated rings. The van der Waals surface area contributed by atoms with Gasteiger partial charge in [-0.1, -0.05) is 50.2 Å². The molecule has 0 saturated heterocycles. The predicted octanol–water partition coefficient (Wildman–Crippen LogP) is 5.34. The molecule has 2 heterocycles. The first kappa shape index (κ1) is 24.4. The number of fused-ring (bicyclic) bond motifs is 2.